The van der Waals surface area contributed by atoms with Gasteiger partial charge in [0.2, 0.25) is 5.78 Å². The highest BCUT2D eigenvalue weighted by Crippen LogP contribution is 2.32. The van der Waals surface area contributed by atoms with Crippen LogP contribution in [0.5, 0.6) is 11.5 Å². The molecule has 4 heteroatoms. The van der Waals surface area contributed by atoms with Crippen LogP contribution in [0.25, 0.3) is 0 Å². The molecule has 0 spiro atoms. The minimum atomic E-state index is -1.05. The lowest BCUT2D eigenvalue weighted by molar-refractivity contribution is 0.00432. The highest BCUT2D eigenvalue weighted by Gasteiger charge is 2.29. The van der Waals surface area contributed by atoms with Gasteiger partial charge in [-0.05, 0) is 19.1 Å². The molecular weight excluding hydrogens is 256 g/mol. The topological polar surface area (TPSA) is 52.6 Å². The van der Waals surface area contributed by atoms with Gasteiger partial charge in [0.1, 0.15) is 11.5 Å². The van der Waals surface area contributed by atoms with E-state index in [0.29, 0.717) is 22.6 Å². The van der Waals surface area contributed by atoms with Crippen molar-refractivity contribution in [3.63, 3.8) is 0 Å². The van der Waals surface area contributed by atoms with Crippen LogP contribution in [-0.2, 0) is 0 Å². The Labute approximate surface area is 115 Å². The molecule has 1 aliphatic rings. The average molecular weight is 268 g/mol. The van der Waals surface area contributed by atoms with Gasteiger partial charge in [-0.1, -0.05) is 30.3 Å². The number of rotatable bonds is 3. The van der Waals surface area contributed by atoms with Gasteiger partial charge < -0.3 is 9.47 Å². The Kier molecular flexibility index (Phi) is 2.99. The smallest absolute Gasteiger partial charge is 0.305 e. The van der Waals surface area contributed by atoms with Crippen molar-refractivity contribution in [2.45, 2.75) is 13.2 Å². The molecule has 0 aliphatic carbocycles. The van der Waals surface area contributed by atoms with Crippen molar-refractivity contribution in [2.24, 2.45) is 0 Å². The van der Waals surface area contributed by atoms with Gasteiger partial charge in [-0.15, -0.1) is 0 Å². The van der Waals surface area contributed by atoms with Crippen LogP contribution in [0.3, 0.4) is 0 Å². The number of fused-ring (bicyclic) bond motifs is 2. The zero-order chi connectivity index (χ0) is 14.1. The summed E-state index contributed by atoms with van der Waals surface area (Å²) in [6, 6.07) is 13.7. The zero-order valence-electron chi connectivity index (χ0n) is 10.8. The summed E-state index contributed by atoms with van der Waals surface area (Å²) in [7, 11) is 0. The number of Topliss-reactive ketones (excluding diaryl/α,β-unsaturated/α-hetero) is 2. The second-order valence-corrected chi connectivity index (χ2v) is 4.51. The summed E-state index contributed by atoms with van der Waals surface area (Å²) in [6.07, 6.45) is -1.05. The van der Waals surface area contributed by atoms with Crippen molar-refractivity contribution >= 4 is 11.6 Å². The molecule has 1 atom stereocenters. The molecule has 100 valence electrons. The third-order valence-electron chi connectivity index (χ3n) is 3.08. The lowest BCUT2D eigenvalue weighted by Gasteiger charge is -2.25. The van der Waals surface area contributed by atoms with Crippen LogP contribution in [0.4, 0.5) is 0 Å². The van der Waals surface area contributed by atoms with Crippen LogP contribution in [-0.4, -0.2) is 17.9 Å². The van der Waals surface area contributed by atoms with Gasteiger partial charge in [0.15, 0.2) is 5.78 Å². The van der Waals surface area contributed by atoms with Gasteiger partial charge in [-0.25, -0.2) is 0 Å². The van der Waals surface area contributed by atoms with Crippen molar-refractivity contribution in [3.05, 3.63) is 59.7 Å². The molecule has 0 N–H and O–H groups in total. The predicted molar refractivity (Wildman–Crippen MR) is 72.3 cm³/mol. The van der Waals surface area contributed by atoms with Crippen LogP contribution in [0.1, 0.15) is 27.6 Å². The van der Waals surface area contributed by atoms with E-state index in [1.54, 1.807) is 42.5 Å². The largest absolute Gasteiger partial charge is 0.447 e. The van der Waals surface area contributed by atoms with E-state index < -0.39 is 6.29 Å². The summed E-state index contributed by atoms with van der Waals surface area (Å²) in [5, 5.41) is 0. The van der Waals surface area contributed by atoms with Gasteiger partial charge in [-0.2, -0.15) is 0 Å². The standard InChI is InChI=1S/C16H12O4/c1-10(17)13-8-7-12-9-14(13)20-16(19-12)15(18)11-5-3-2-4-6-11/h2-9,16H,1H3. The third kappa shape index (κ3) is 2.16. The first-order chi connectivity index (χ1) is 9.65. The Morgan fingerprint density at radius 2 is 1.75 bits per heavy atom. The van der Waals surface area contributed by atoms with Crippen molar-refractivity contribution in [1.82, 2.24) is 0 Å². The molecule has 1 heterocycles. The summed E-state index contributed by atoms with van der Waals surface area (Å²) in [6.45, 7) is 1.46. The number of carbonyl (C=O) groups is 2. The molecular formula is C16H12O4. The van der Waals surface area contributed by atoms with Crippen LogP contribution >= 0.6 is 0 Å². The molecule has 0 saturated heterocycles. The van der Waals surface area contributed by atoms with E-state index >= 15 is 0 Å². The second-order valence-electron chi connectivity index (χ2n) is 4.51. The second kappa shape index (κ2) is 4.81. The van der Waals surface area contributed by atoms with Gasteiger partial charge in [-0.3, -0.25) is 9.59 Å². The first-order valence-electron chi connectivity index (χ1n) is 6.23. The van der Waals surface area contributed by atoms with Gasteiger partial charge >= 0.3 is 6.29 Å². The molecule has 1 unspecified atom stereocenters. The molecule has 1 aliphatic heterocycles. The van der Waals surface area contributed by atoms with E-state index in [4.69, 9.17) is 9.47 Å². The van der Waals surface area contributed by atoms with E-state index in [1.807, 2.05) is 6.07 Å². The highest BCUT2D eigenvalue weighted by atomic mass is 16.7. The number of carbonyl (C=O) groups excluding carboxylic acids is 2. The summed E-state index contributed by atoms with van der Waals surface area (Å²) in [4.78, 5) is 23.8. The molecule has 3 rings (SSSR count). The zero-order valence-corrected chi connectivity index (χ0v) is 10.8. The Morgan fingerprint density at radius 1 is 1.00 bits per heavy atom. The number of hydrogen-bond donors (Lipinski definition) is 0. The lowest BCUT2D eigenvalue weighted by atomic mass is 10.1. The van der Waals surface area contributed by atoms with Gasteiger partial charge in [0.25, 0.3) is 0 Å². The summed E-state index contributed by atoms with van der Waals surface area (Å²) in [5.41, 5.74) is 0.954. The molecule has 0 fully saturated rings. The summed E-state index contributed by atoms with van der Waals surface area (Å²) in [5.74, 6) is 0.521. The van der Waals surface area contributed by atoms with E-state index in [-0.39, 0.29) is 11.6 Å². The van der Waals surface area contributed by atoms with E-state index in [1.165, 1.54) is 6.92 Å². The van der Waals surface area contributed by atoms with Crippen LogP contribution in [0.15, 0.2) is 48.5 Å². The van der Waals surface area contributed by atoms with Crippen molar-refractivity contribution < 1.29 is 19.1 Å². The molecule has 0 radical (unpaired) electrons. The number of benzene rings is 2. The van der Waals surface area contributed by atoms with Gasteiger partial charge in [0, 0.05) is 11.6 Å². The number of ketones is 2. The van der Waals surface area contributed by atoms with E-state index in [2.05, 4.69) is 0 Å². The van der Waals surface area contributed by atoms with Crippen LogP contribution < -0.4 is 9.47 Å². The normalized spacial score (nSPS) is 15.9. The molecule has 2 aromatic carbocycles. The SMILES string of the molecule is CC(=O)c1ccc2cc1OC(C(=O)c1ccccc1)O2. The fraction of sp³-hybridized carbons (Fsp3) is 0.125. The van der Waals surface area contributed by atoms with E-state index in [0.717, 1.165) is 0 Å². The maximum Gasteiger partial charge on any atom is 0.305 e. The van der Waals surface area contributed by atoms with Crippen molar-refractivity contribution in [1.29, 1.82) is 0 Å². The van der Waals surface area contributed by atoms with E-state index in [9.17, 15) is 9.59 Å². The quantitative estimate of drug-likeness (QED) is 0.803. The number of ether oxygens (including phenoxy) is 2. The molecule has 20 heavy (non-hydrogen) atoms. The minimum absolute atomic E-state index is 0.112. The fourth-order valence-corrected chi connectivity index (χ4v) is 2.07. The Balaban J connectivity index is 1.90. The van der Waals surface area contributed by atoms with Crippen LogP contribution in [0, 0.1) is 0 Å². The maximum atomic E-state index is 12.3. The van der Waals surface area contributed by atoms with Crippen molar-refractivity contribution in [2.75, 3.05) is 0 Å². The lowest BCUT2D eigenvalue weighted by Crippen LogP contribution is -2.35. The Bertz CT molecular complexity index is 676. The molecule has 0 aromatic heterocycles. The number of hydrogen-bond acceptors (Lipinski definition) is 4. The Hall–Kier alpha value is -2.62. The monoisotopic (exact) mass is 268 g/mol. The molecule has 4 nitrogen and oxygen atoms in total. The van der Waals surface area contributed by atoms with Crippen molar-refractivity contribution in [3.8, 4) is 11.5 Å². The Morgan fingerprint density at radius 3 is 2.45 bits per heavy atom. The maximum absolute atomic E-state index is 12.3. The van der Waals surface area contributed by atoms with Crippen LogP contribution in [0.2, 0.25) is 0 Å². The molecule has 0 saturated carbocycles. The fourth-order valence-electron chi connectivity index (χ4n) is 2.07. The predicted octanol–water partition coefficient (Wildman–Crippen LogP) is 2.87. The molecule has 2 bridgehead atoms. The first-order valence-corrected chi connectivity index (χ1v) is 6.23. The minimum Gasteiger partial charge on any atom is -0.447 e. The third-order valence-corrected chi connectivity index (χ3v) is 3.08. The molecule has 2 aromatic rings. The first kappa shape index (κ1) is 12.4. The molecule has 0 amide bonds. The summed E-state index contributed by atoms with van der Waals surface area (Å²) < 4.78 is 11.0. The summed E-state index contributed by atoms with van der Waals surface area (Å²) >= 11 is 0. The highest BCUT2D eigenvalue weighted by molar-refractivity contribution is 6.00. The van der Waals surface area contributed by atoms with Gasteiger partial charge in [0.05, 0.1) is 5.56 Å². The average Bonchev–Trinajstić information content (AvgIpc) is 2.46.